The van der Waals surface area contributed by atoms with E-state index < -0.39 is 21.3 Å². The molecule has 2 amide bonds. The molecule has 4 rings (SSSR count). The third-order valence-corrected chi connectivity index (χ3v) is 8.49. The van der Waals surface area contributed by atoms with Crippen LogP contribution >= 0.6 is 11.6 Å². The van der Waals surface area contributed by atoms with E-state index in [2.05, 4.69) is 16.9 Å². The van der Waals surface area contributed by atoms with Crippen molar-refractivity contribution in [2.45, 2.75) is 31.1 Å². The zero-order valence-corrected chi connectivity index (χ0v) is 20.5. The van der Waals surface area contributed by atoms with Crippen molar-refractivity contribution in [3.63, 3.8) is 0 Å². The summed E-state index contributed by atoms with van der Waals surface area (Å²) in [4.78, 5) is 18.5. The molecule has 34 heavy (non-hydrogen) atoms. The van der Waals surface area contributed by atoms with Crippen LogP contribution in [0.25, 0.3) is 0 Å². The highest BCUT2D eigenvalue weighted by Crippen LogP contribution is 2.37. The minimum absolute atomic E-state index is 0.0680. The van der Waals surface area contributed by atoms with E-state index in [1.54, 1.807) is 29.2 Å². The molecule has 0 aliphatic carbocycles. The number of halogens is 1. The van der Waals surface area contributed by atoms with E-state index in [0.717, 1.165) is 27.5 Å². The van der Waals surface area contributed by atoms with Gasteiger partial charge in [-0.05, 0) is 41.7 Å². The lowest BCUT2D eigenvalue weighted by molar-refractivity contribution is 0.247. The summed E-state index contributed by atoms with van der Waals surface area (Å²) in [6.07, 6.45) is 2.90. The van der Waals surface area contributed by atoms with Gasteiger partial charge in [-0.2, -0.15) is 0 Å². The monoisotopic (exact) mass is 501 g/mol. The first-order chi connectivity index (χ1) is 16.3. The topological polar surface area (TPSA) is 108 Å². The van der Waals surface area contributed by atoms with Gasteiger partial charge in [0.15, 0.2) is 0 Å². The van der Waals surface area contributed by atoms with E-state index in [4.69, 9.17) is 17.3 Å². The van der Waals surface area contributed by atoms with Gasteiger partial charge in [-0.1, -0.05) is 54.9 Å². The van der Waals surface area contributed by atoms with Crippen molar-refractivity contribution < 1.29 is 13.2 Å². The molecule has 2 aliphatic heterocycles. The minimum Gasteiger partial charge on any atom is -0.369 e. The van der Waals surface area contributed by atoms with Crippen molar-refractivity contribution in [2.24, 2.45) is 10.7 Å². The number of nitrogens with one attached hydrogen (secondary N) is 1. The molecule has 2 aromatic carbocycles. The van der Waals surface area contributed by atoms with Crippen molar-refractivity contribution in [2.75, 3.05) is 24.5 Å². The number of hydrogen-bond donors (Lipinski definition) is 2. The van der Waals surface area contributed by atoms with E-state index in [-0.39, 0.29) is 18.5 Å². The summed E-state index contributed by atoms with van der Waals surface area (Å²) in [5.41, 5.74) is 9.06. The average Bonchev–Trinajstić information content (AvgIpc) is 3.42. The average molecular weight is 502 g/mol. The highest BCUT2D eigenvalue weighted by Gasteiger charge is 2.39. The molecule has 0 bridgehead atoms. The Balaban J connectivity index is 1.58. The summed E-state index contributed by atoms with van der Waals surface area (Å²) < 4.78 is 28.4. The molecule has 0 radical (unpaired) electrons. The molecule has 2 atom stereocenters. The number of guanidine groups is 1. The number of nitrogens with two attached hydrogens (primary N) is 1. The van der Waals surface area contributed by atoms with Crippen LogP contribution in [0, 0.1) is 0 Å². The number of aliphatic imine (C=N–C) groups is 1. The fourth-order valence-corrected chi connectivity index (χ4v) is 6.29. The SMILES string of the molecule is C=CC(c1ccc2c(c1)CCN2C(=O)NCCC)S(=O)(=O)N1CC(c2ccccc2Cl)N=C1N. The van der Waals surface area contributed by atoms with Crippen LogP contribution in [0.4, 0.5) is 10.5 Å². The summed E-state index contributed by atoms with van der Waals surface area (Å²) in [6.45, 7) is 6.99. The summed E-state index contributed by atoms with van der Waals surface area (Å²) in [5, 5.41) is 2.38. The molecule has 0 aromatic heterocycles. The van der Waals surface area contributed by atoms with E-state index in [1.165, 1.54) is 6.08 Å². The Hall–Kier alpha value is -3.04. The Labute approximate surface area is 205 Å². The van der Waals surface area contributed by atoms with E-state index in [1.807, 2.05) is 25.1 Å². The van der Waals surface area contributed by atoms with Gasteiger partial charge in [-0.3, -0.25) is 4.90 Å². The number of anilines is 1. The number of fused-ring (bicyclic) bond motifs is 1. The van der Waals surface area contributed by atoms with Crippen molar-refractivity contribution in [1.82, 2.24) is 9.62 Å². The molecule has 0 spiro atoms. The van der Waals surface area contributed by atoms with Crippen LogP contribution in [0.2, 0.25) is 5.02 Å². The van der Waals surface area contributed by atoms with Gasteiger partial charge in [0.25, 0.3) is 0 Å². The van der Waals surface area contributed by atoms with E-state index in [0.29, 0.717) is 30.1 Å². The van der Waals surface area contributed by atoms with Crippen LogP contribution in [-0.4, -0.2) is 44.3 Å². The molecule has 2 aromatic rings. The third-order valence-electron chi connectivity index (χ3n) is 6.09. The van der Waals surface area contributed by atoms with Crippen LogP contribution in [0.15, 0.2) is 60.1 Å². The number of hydrogen-bond acceptors (Lipinski definition) is 5. The maximum absolute atomic E-state index is 13.6. The van der Waals surface area contributed by atoms with Crippen LogP contribution < -0.4 is 16.0 Å². The summed E-state index contributed by atoms with van der Waals surface area (Å²) in [6, 6.07) is 11.9. The van der Waals surface area contributed by atoms with Gasteiger partial charge in [0.2, 0.25) is 16.0 Å². The van der Waals surface area contributed by atoms with Gasteiger partial charge < -0.3 is 11.1 Å². The fourth-order valence-electron chi connectivity index (χ4n) is 4.37. The molecule has 0 saturated carbocycles. The lowest BCUT2D eigenvalue weighted by Gasteiger charge is -2.25. The molecule has 2 unspecified atom stereocenters. The number of rotatable bonds is 7. The quantitative estimate of drug-likeness (QED) is 0.563. The Morgan fingerprint density at radius 2 is 2.12 bits per heavy atom. The molecule has 8 nitrogen and oxygen atoms in total. The first-order valence-electron chi connectivity index (χ1n) is 11.2. The fraction of sp³-hybridized carbons (Fsp3) is 0.333. The molecular weight excluding hydrogens is 474 g/mol. The highest BCUT2D eigenvalue weighted by molar-refractivity contribution is 7.90. The Morgan fingerprint density at radius 1 is 1.35 bits per heavy atom. The zero-order chi connectivity index (χ0) is 24.5. The van der Waals surface area contributed by atoms with Crippen LogP contribution in [0.1, 0.15) is 41.3 Å². The highest BCUT2D eigenvalue weighted by atomic mass is 35.5. The lowest BCUT2D eigenvalue weighted by Crippen LogP contribution is -2.41. The molecule has 180 valence electrons. The van der Waals surface area contributed by atoms with Crippen LogP contribution in [-0.2, 0) is 16.4 Å². The number of sulfonamides is 1. The normalized spacial score (nSPS) is 18.4. The molecule has 0 fully saturated rings. The van der Waals surface area contributed by atoms with Gasteiger partial charge in [0.1, 0.15) is 5.25 Å². The second-order valence-electron chi connectivity index (χ2n) is 8.28. The third kappa shape index (κ3) is 4.37. The van der Waals surface area contributed by atoms with Crippen molar-refractivity contribution in [3.05, 3.63) is 76.8 Å². The first-order valence-corrected chi connectivity index (χ1v) is 13.1. The number of benzene rings is 2. The number of carbonyl (C=O) groups excluding carboxylic acids is 1. The molecular formula is C24H28ClN5O3S. The largest absolute Gasteiger partial charge is 0.369 e. The predicted octanol–water partition coefficient (Wildman–Crippen LogP) is 3.75. The van der Waals surface area contributed by atoms with Crippen molar-refractivity contribution in [1.29, 1.82) is 0 Å². The smallest absolute Gasteiger partial charge is 0.321 e. The Morgan fingerprint density at radius 3 is 2.82 bits per heavy atom. The zero-order valence-electron chi connectivity index (χ0n) is 18.9. The van der Waals surface area contributed by atoms with Gasteiger partial charge in [0.05, 0.1) is 12.6 Å². The van der Waals surface area contributed by atoms with Crippen LogP contribution in [0.5, 0.6) is 0 Å². The maximum Gasteiger partial charge on any atom is 0.321 e. The summed E-state index contributed by atoms with van der Waals surface area (Å²) >= 11 is 6.29. The molecule has 0 saturated heterocycles. The standard InChI is InChI=1S/C24H28ClN5O3S/c1-3-12-27-24(31)29-13-11-16-14-17(9-10-21(16)29)22(4-2)34(32,33)30-15-20(28-23(30)26)18-7-5-6-8-19(18)25/h4-10,14,20,22H,2-3,11-13,15H2,1H3,(H2,26,28)(H,27,31). The predicted molar refractivity (Wildman–Crippen MR) is 136 cm³/mol. The second kappa shape index (κ2) is 9.68. The summed E-state index contributed by atoms with van der Waals surface area (Å²) in [5.74, 6) is -0.0725. The number of carbonyl (C=O) groups is 1. The Bertz CT molecular complexity index is 1250. The molecule has 10 heteroatoms. The van der Waals surface area contributed by atoms with Crippen molar-refractivity contribution >= 4 is 39.3 Å². The maximum atomic E-state index is 13.6. The van der Waals surface area contributed by atoms with Gasteiger partial charge >= 0.3 is 6.03 Å². The van der Waals surface area contributed by atoms with Gasteiger partial charge in [-0.15, -0.1) is 6.58 Å². The Kier molecular flexibility index (Phi) is 6.86. The number of nitrogens with zero attached hydrogens (tertiary/aromatic N) is 3. The lowest BCUT2D eigenvalue weighted by atomic mass is 10.1. The van der Waals surface area contributed by atoms with E-state index >= 15 is 0 Å². The number of urea groups is 1. The molecule has 2 heterocycles. The minimum atomic E-state index is -3.94. The number of amides is 2. The van der Waals surface area contributed by atoms with Crippen LogP contribution in [0.3, 0.4) is 0 Å². The molecule has 2 aliphatic rings. The van der Waals surface area contributed by atoms with Gasteiger partial charge in [-0.25, -0.2) is 22.5 Å². The second-order valence-corrected chi connectivity index (χ2v) is 10.7. The molecule has 3 N–H and O–H groups in total. The van der Waals surface area contributed by atoms with Crippen molar-refractivity contribution in [3.8, 4) is 0 Å². The van der Waals surface area contributed by atoms with Gasteiger partial charge in [0, 0.05) is 23.8 Å². The first kappa shape index (κ1) is 24.1. The summed E-state index contributed by atoms with van der Waals surface area (Å²) in [7, 11) is -3.94. The van der Waals surface area contributed by atoms with E-state index in [9.17, 15) is 13.2 Å².